The van der Waals surface area contributed by atoms with E-state index in [1.54, 1.807) is 5.32 Å². The molecular formula is C21H21F6N3O5. The number of halogens is 6. The van der Waals surface area contributed by atoms with Gasteiger partial charge in [0.25, 0.3) is 0 Å². The van der Waals surface area contributed by atoms with Crippen LogP contribution in [0.25, 0.3) is 0 Å². The Morgan fingerprint density at radius 3 is 2.20 bits per heavy atom. The minimum atomic E-state index is -5.54. The molecule has 0 aromatic carbocycles. The molecule has 14 heteroatoms. The first-order chi connectivity index (χ1) is 16.3. The van der Waals surface area contributed by atoms with Crippen LogP contribution in [-0.4, -0.2) is 58.2 Å². The van der Waals surface area contributed by atoms with Gasteiger partial charge in [-0.2, -0.15) is 26.3 Å². The molecule has 1 aliphatic carbocycles. The zero-order valence-electron chi connectivity index (χ0n) is 18.1. The Bertz CT molecular complexity index is 962. The van der Waals surface area contributed by atoms with Crippen molar-refractivity contribution >= 4 is 23.9 Å². The zero-order valence-corrected chi connectivity index (χ0v) is 18.1. The van der Waals surface area contributed by atoms with Crippen LogP contribution in [0.3, 0.4) is 0 Å². The summed E-state index contributed by atoms with van der Waals surface area (Å²) in [5.74, 6) is -8.24. The van der Waals surface area contributed by atoms with Crippen molar-refractivity contribution in [2.75, 3.05) is 0 Å². The van der Waals surface area contributed by atoms with Crippen LogP contribution in [0.2, 0.25) is 0 Å². The first-order valence-corrected chi connectivity index (χ1v) is 10.7. The van der Waals surface area contributed by atoms with E-state index >= 15 is 0 Å². The summed E-state index contributed by atoms with van der Waals surface area (Å²) in [5, 5.41) is 1.73. The molecule has 2 unspecified atom stereocenters. The SMILES string of the molecule is O=C(OC(=O)C(F)(F)F)C1C(Cc2ccncc2)C(=O)N1C(=O)N[C@@H](C1CCCCC1)C(F)(F)F. The number of β-lactam (4-membered cyclic amide) rings is 1. The average molecular weight is 509 g/mol. The number of hydrogen-bond acceptors (Lipinski definition) is 6. The fourth-order valence-electron chi connectivity index (χ4n) is 4.36. The monoisotopic (exact) mass is 509 g/mol. The minimum absolute atomic E-state index is 0.0827. The van der Waals surface area contributed by atoms with Crippen LogP contribution in [0.15, 0.2) is 24.5 Å². The van der Waals surface area contributed by atoms with E-state index in [-0.39, 0.29) is 24.2 Å². The van der Waals surface area contributed by atoms with Crippen LogP contribution in [0.1, 0.15) is 37.7 Å². The molecule has 192 valence electrons. The predicted octanol–water partition coefficient (Wildman–Crippen LogP) is 3.30. The summed E-state index contributed by atoms with van der Waals surface area (Å²) in [5.41, 5.74) is 0.411. The number of esters is 2. The maximum absolute atomic E-state index is 13.7. The lowest BCUT2D eigenvalue weighted by atomic mass is 9.82. The molecule has 0 spiro atoms. The van der Waals surface area contributed by atoms with Crippen LogP contribution in [0, 0.1) is 11.8 Å². The molecule has 8 nitrogen and oxygen atoms in total. The summed E-state index contributed by atoms with van der Waals surface area (Å²) < 4.78 is 82.5. The molecular weight excluding hydrogens is 488 g/mol. The molecule has 35 heavy (non-hydrogen) atoms. The van der Waals surface area contributed by atoms with Crippen molar-refractivity contribution in [3.8, 4) is 0 Å². The number of imide groups is 1. The molecule has 1 aromatic heterocycles. The van der Waals surface area contributed by atoms with Gasteiger partial charge in [-0.05, 0) is 42.9 Å². The molecule has 2 heterocycles. The third-order valence-electron chi connectivity index (χ3n) is 6.06. The lowest BCUT2D eigenvalue weighted by Crippen LogP contribution is -2.70. The van der Waals surface area contributed by atoms with Gasteiger partial charge in [0.1, 0.15) is 6.04 Å². The average Bonchev–Trinajstić information content (AvgIpc) is 2.78. The maximum atomic E-state index is 13.7. The Labute approximate surface area is 195 Å². The van der Waals surface area contributed by atoms with E-state index < -0.39 is 60.1 Å². The van der Waals surface area contributed by atoms with Crippen LogP contribution < -0.4 is 5.32 Å². The molecule has 1 saturated carbocycles. The Hall–Kier alpha value is -3.19. The molecule has 1 N–H and O–H groups in total. The standard InChI is InChI=1S/C21H21F6N3O5/c22-20(23,24)15(12-4-2-1-3-5-12)29-19(34)30-14(17(32)35-18(33)21(25,26)27)13(16(30)31)10-11-6-8-28-9-7-11/h6-9,12-15H,1-5,10H2,(H,29,34)/t13?,14?,15-/m0/s1. The van der Waals surface area contributed by atoms with Crippen molar-refractivity contribution in [3.63, 3.8) is 0 Å². The van der Waals surface area contributed by atoms with E-state index in [1.165, 1.54) is 24.5 Å². The molecule has 2 fully saturated rings. The summed E-state index contributed by atoms with van der Waals surface area (Å²) in [7, 11) is 0. The number of carbonyl (C=O) groups excluding carboxylic acids is 4. The number of likely N-dealkylation sites (tertiary alicyclic amines) is 1. The van der Waals surface area contributed by atoms with Gasteiger partial charge in [-0.25, -0.2) is 19.3 Å². The molecule has 3 amide bonds. The van der Waals surface area contributed by atoms with Gasteiger partial charge in [-0.15, -0.1) is 0 Å². The number of nitrogens with zero attached hydrogens (tertiary/aromatic N) is 2. The van der Waals surface area contributed by atoms with Gasteiger partial charge >= 0.3 is 30.3 Å². The van der Waals surface area contributed by atoms with Gasteiger partial charge in [0.2, 0.25) is 5.91 Å². The van der Waals surface area contributed by atoms with E-state index in [4.69, 9.17) is 0 Å². The third kappa shape index (κ3) is 6.09. The second-order valence-corrected chi connectivity index (χ2v) is 8.39. The van der Waals surface area contributed by atoms with Crippen LogP contribution in [-0.2, 0) is 25.5 Å². The van der Waals surface area contributed by atoms with Crippen LogP contribution in [0.5, 0.6) is 0 Å². The highest BCUT2D eigenvalue weighted by Gasteiger charge is 2.58. The number of hydrogen-bond donors (Lipinski definition) is 1. The smallest absolute Gasteiger partial charge is 0.385 e. The van der Waals surface area contributed by atoms with E-state index in [0.717, 1.165) is 6.42 Å². The number of urea groups is 1. The van der Waals surface area contributed by atoms with E-state index in [0.29, 0.717) is 18.4 Å². The Balaban J connectivity index is 1.83. The summed E-state index contributed by atoms with van der Waals surface area (Å²) in [6, 6.07) is -3.09. The second kappa shape index (κ2) is 10.2. The third-order valence-corrected chi connectivity index (χ3v) is 6.06. The van der Waals surface area contributed by atoms with Crippen LogP contribution in [0.4, 0.5) is 31.1 Å². The van der Waals surface area contributed by atoms with Gasteiger partial charge in [0.05, 0.1) is 5.92 Å². The molecule has 0 radical (unpaired) electrons. The van der Waals surface area contributed by atoms with E-state index in [9.17, 15) is 45.5 Å². The first kappa shape index (κ1) is 26.4. The fourth-order valence-corrected chi connectivity index (χ4v) is 4.36. The number of aromatic nitrogens is 1. The number of nitrogens with one attached hydrogen (secondary N) is 1. The highest BCUT2D eigenvalue weighted by molar-refractivity contribution is 6.09. The summed E-state index contributed by atoms with van der Waals surface area (Å²) in [6.07, 6.45) is -5.89. The number of carbonyl (C=O) groups is 4. The molecule has 1 aliphatic heterocycles. The maximum Gasteiger partial charge on any atom is 0.491 e. The topological polar surface area (TPSA) is 106 Å². The number of rotatable bonds is 5. The Morgan fingerprint density at radius 2 is 1.66 bits per heavy atom. The number of ether oxygens (including phenoxy) is 1. The lowest BCUT2D eigenvalue weighted by Gasteiger charge is -2.44. The molecule has 1 aromatic rings. The molecule has 3 rings (SSSR count). The second-order valence-electron chi connectivity index (χ2n) is 8.39. The number of amides is 3. The quantitative estimate of drug-likeness (QED) is 0.283. The summed E-state index contributed by atoms with van der Waals surface area (Å²) in [6.45, 7) is 0. The van der Waals surface area contributed by atoms with Crippen molar-refractivity contribution in [2.24, 2.45) is 11.8 Å². The molecule has 3 atom stereocenters. The largest absolute Gasteiger partial charge is 0.491 e. The molecule has 2 aliphatic rings. The predicted molar refractivity (Wildman–Crippen MR) is 104 cm³/mol. The number of alkyl halides is 6. The zero-order chi connectivity index (χ0) is 26.0. The fraction of sp³-hybridized carbons (Fsp3) is 0.571. The van der Waals surface area contributed by atoms with Gasteiger partial charge in [0.15, 0.2) is 6.04 Å². The number of pyridine rings is 1. The summed E-state index contributed by atoms with van der Waals surface area (Å²) >= 11 is 0. The highest BCUT2D eigenvalue weighted by Crippen LogP contribution is 2.36. The van der Waals surface area contributed by atoms with Gasteiger partial charge in [-0.3, -0.25) is 9.78 Å². The minimum Gasteiger partial charge on any atom is -0.385 e. The molecule has 1 saturated heterocycles. The van der Waals surface area contributed by atoms with Crippen LogP contribution >= 0.6 is 0 Å². The van der Waals surface area contributed by atoms with Crippen molar-refractivity contribution in [1.82, 2.24) is 15.2 Å². The molecule has 0 bridgehead atoms. The Morgan fingerprint density at radius 1 is 1.06 bits per heavy atom. The van der Waals surface area contributed by atoms with Crippen molar-refractivity contribution in [1.29, 1.82) is 0 Å². The van der Waals surface area contributed by atoms with Gasteiger partial charge in [0, 0.05) is 12.4 Å². The first-order valence-electron chi connectivity index (χ1n) is 10.7. The van der Waals surface area contributed by atoms with Crippen molar-refractivity contribution in [3.05, 3.63) is 30.1 Å². The van der Waals surface area contributed by atoms with E-state index in [1.807, 2.05) is 0 Å². The van der Waals surface area contributed by atoms with Crippen molar-refractivity contribution in [2.45, 2.75) is 63.0 Å². The lowest BCUT2D eigenvalue weighted by molar-refractivity contribution is -0.205. The normalized spacial score (nSPS) is 22.2. The summed E-state index contributed by atoms with van der Waals surface area (Å²) in [4.78, 5) is 52.7. The van der Waals surface area contributed by atoms with E-state index in [2.05, 4.69) is 9.72 Å². The van der Waals surface area contributed by atoms with Crippen molar-refractivity contribution < 1.29 is 50.3 Å². The highest BCUT2D eigenvalue weighted by atomic mass is 19.4. The Kier molecular flexibility index (Phi) is 7.70. The van der Waals surface area contributed by atoms with Gasteiger partial charge < -0.3 is 10.1 Å². The van der Waals surface area contributed by atoms with Gasteiger partial charge in [-0.1, -0.05) is 19.3 Å².